The van der Waals surface area contributed by atoms with E-state index in [-0.39, 0.29) is 5.54 Å². The normalized spacial score (nSPS) is 20.5. The molecule has 1 atom stereocenters. The predicted molar refractivity (Wildman–Crippen MR) is 122 cm³/mol. The van der Waals surface area contributed by atoms with Crippen LogP contribution >= 0.6 is 0 Å². The van der Waals surface area contributed by atoms with E-state index in [1.165, 1.54) is 16.7 Å². The Hall–Kier alpha value is -2.04. The molecule has 1 saturated heterocycles. The van der Waals surface area contributed by atoms with Crippen LogP contribution in [0.4, 0.5) is 0 Å². The number of hydrogen-bond donors (Lipinski definition) is 0. The number of nitrogens with zero attached hydrogens (tertiary/aromatic N) is 2. The lowest BCUT2D eigenvalue weighted by Crippen LogP contribution is -2.55. The van der Waals surface area contributed by atoms with Gasteiger partial charge in [0.1, 0.15) is 13.2 Å². The summed E-state index contributed by atoms with van der Waals surface area (Å²) in [6.45, 7) is 17.0. The molecule has 1 fully saturated rings. The summed E-state index contributed by atoms with van der Waals surface area (Å²) in [5, 5.41) is 0. The predicted octanol–water partition coefficient (Wildman–Crippen LogP) is 5.24. The number of ether oxygens (including phenoxy) is 2. The first-order chi connectivity index (χ1) is 14.3. The highest BCUT2D eigenvalue weighted by atomic mass is 16.6. The molecule has 0 bridgehead atoms. The summed E-state index contributed by atoms with van der Waals surface area (Å²) >= 11 is 0. The van der Waals surface area contributed by atoms with Gasteiger partial charge in [0.2, 0.25) is 0 Å². The molecule has 0 amide bonds. The molecule has 0 aliphatic carbocycles. The second kappa shape index (κ2) is 8.60. The monoisotopic (exact) mass is 408 g/mol. The Kier molecular flexibility index (Phi) is 6.08. The summed E-state index contributed by atoms with van der Waals surface area (Å²) in [5.41, 5.74) is 4.38. The maximum Gasteiger partial charge on any atom is 0.161 e. The Labute approximate surface area is 181 Å². The Morgan fingerprint density at radius 1 is 0.967 bits per heavy atom. The van der Waals surface area contributed by atoms with Gasteiger partial charge in [0.15, 0.2) is 11.5 Å². The molecule has 2 aromatic carbocycles. The fourth-order valence-electron chi connectivity index (χ4n) is 4.84. The van der Waals surface area contributed by atoms with Gasteiger partial charge in [-0.15, -0.1) is 0 Å². The topological polar surface area (TPSA) is 24.9 Å². The van der Waals surface area contributed by atoms with Crippen LogP contribution in [0.2, 0.25) is 0 Å². The first kappa shape index (κ1) is 21.2. The third-order valence-corrected chi connectivity index (χ3v) is 6.32. The highest BCUT2D eigenvalue weighted by molar-refractivity contribution is 5.44. The molecule has 0 N–H and O–H groups in total. The van der Waals surface area contributed by atoms with Crippen molar-refractivity contribution in [2.45, 2.75) is 58.7 Å². The second-order valence-electron chi connectivity index (χ2n) is 9.88. The van der Waals surface area contributed by atoms with Crippen LogP contribution in [0, 0.1) is 0 Å². The minimum atomic E-state index is 0.137. The van der Waals surface area contributed by atoms with Gasteiger partial charge in [0.05, 0.1) is 0 Å². The van der Waals surface area contributed by atoms with E-state index in [0.717, 1.165) is 37.7 Å². The standard InChI is InChI=1S/C26H36N2O2/c1-19(2)21-8-6-7-9-22(21)23-18-27(12-13-28(23)26(3,4)5)17-20-10-11-24-25(16-20)30-15-14-29-24/h6-11,16,19,23H,12-15,17-18H2,1-5H3. The van der Waals surface area contributed by atoms with E-state index >= 15 is 0 Å². The van der Waals surface area contributed by atoms with Gasteiger partial charge < -0.3 is 9.47 Å². The number of rotatable bonds is 4. The minimum absolute atomic E-state index is 0.137. The van der Waals surface area contributed by atoms with E-state index in [0.29, 0.717) is 25.2 Å². The molecule has 0 spiro atoms. The Morgan fingerprint density at radius 3 is 2.43 bits per heavy atom. The highest BCUT2D eigenvalue weighted by Gasteiger charge is 2.36. The van der Waals surface area contributed by atoms with Gasteiger partial charge >= 0.3 is 0 Å². The van der Waals surface area contributed by atoms with Gasteiger partial charge in [-0.2, -0.15) is 0 Å². The molecule has 2 aliphatic rings. The number of fused-ring (bicyclic) bond motifs is 1. The minimum Gasteiger partial charge on any atom is -0.486 e. The van der Waals surface area contributed by atoms with E-state index in [1.54, 1.807) is 0 Å². The third-order valence-electron chi connectivity index (χ3n) is 6.32. The van der Waals surface area contributed by atoms with Gasteiger partial charge in [0, 0.05) is 37.8 Å². The summed E-state index contributed by atoms with van der Waals surface area (Å²) in [7, 11) is 0. The SMILES string of the molecule is CC(C)c1ccccc1C1CN(Cc2ccc3c(c2)OCCO3)CCN1C(C)(C)C. The molecule has 2 aromatic rings. The maximum absolute atomic E-state index is 5.80. The van der Waals surface area contributed by atoms with E-state index < -0.39 is 0 Å². The number of hydrogen-bond acceptors (Lipinski definition) is 4. The van der Waals surface area contributed by atoms with Crippen LogP contribution in [0.3, 0.4) is 0 Å². The molecule has 2 aliphatic heterocycles. The van der Waals surface area contributed by atoms with Crippen molar-refractivity contribution in [2.24, 2.45) is 0 Å². The highest BCUT2D eigenvalue weighted by Crippen LogP contribution is 2.37. The summed E-state index contributed by atoms with van der Waals surface area (Å²) in [6.07, 6.45) is 0. The van der Waals surface area contributed by atoms with Crippen LogP contribution in [0.1, 0.15) is 63.3 Å². The molecule has 1 unspecified atom stereocenters. The first-order valence-electron chi connectivity index (χ1n) is 11.3. The van der Waals surface area contributed by atoms with Crippen molar-refractivity contribution >= 4 is 0 Å². The average molecular weight is 409 g/mol. The lowest BCUT2D eigenvalue weighted by atomic mass is 9.88. The summed E-state index contributed by atoms with van der Waals surface area (Å²) in [6, 6.07) is 15.8. The van der Waals surface area contributed by atoms with Crippen LogP contribution in [-0.2, 0) is 6.54 Å². The molecule has 0 radical (unpaired) electrons. The van der Waals surface area contributed by atoms with Gasteiger partial charge in [-0.1, -0.05) is 44.2 Å². The lowest BCUT2D eigenvalue weighted by Gasteiger charge is -2.49. The molecule has 4 rings (SSSR count). The molecular formula is C26H36N2O2. The zero-order valence-electron chi connectivity index (χ0n) is 19.1. The number of benzene rings is 2. The fraction of sp³-hybridized carbons (Fsp3) is 0.538. The smallest absolute Gasteiger partial charge is 0.161 e. The second-order valence-corrected chi connectivity index (χ2v) is 9.88. The molecule has 4 heteroatoms. The van der Waals surface area contributed by atoms with Gasteiger partial charge in [-0.3, -0.25) is 9.80 Å². The quantitative estimate of drug-likeness (QED) is 0.691. The third kappa shape index (κ3) is 4.50. The summed E-state index contributed by atoms with van der Waals surface area (Å²) in [5.74, 6) is 2.27. The van der Waals surface area contributed by atoms with Crippen molar-refractivity contribution in [1.82, 2.24) is 9.80 Å². The summed E-state index contributed by atoms with van der Waals surface area (Å²) in [4.78, 5) is 5.28. The summed E-state index contributed by atoms with van der Waals surface area (Å²) < 4.78 is 11.5. The van der Waals surface area contributed by atoms with Crippen molar-refractivity contribution in [2.75, 3.05) is 32.8 Å². The van der Waals surface area contributed by atoms with Crippen LogP contribution in [0.15, 0.2) is 42.5 Å². The maximum atomic E-state index is 5.80. The average Bonchev–Trinajstić information content (AvgIpc) is 2.73. The van der Waals surface area contributed by atoms with E-state index in [1.807, 2.05) is 0 Å². The largest absolute Gasteiger partial charge is 0.486 e. The Bertz CT molecular complexity index is 872. The van der Waals surface area contributed by atoms with Crippen LogP contribution in [-0.4, -0.2) is 48.2 Å². The molecule has 0 saturated carbocycles. The van der Waals surface area contributed by atoms with E-state index in [9.17, 15) is 0 Å². The zero-order chi connectivity index (χ0) is 21.3. The van der Waals surface area contributed by atoms with Crippen LogP contribution < -0.4 is 9.47 Å². The molecule has 30 heavy (non-hydrogen) atoms. The van der Waals surface area contributed by atoms with Crippen molar-refractivity contribution in [1.29, 1.82) is 0 Å². The Morgan fingerprint density at radius 2 is 1.70 bits per heavy atom. The first-order valence-corrected chi connectivity index (χ1v) is 11.3. The van der Waals surface area contributed by atoms with Crippen molar-refractivity contribution in [3.8, 4) is 11.5 Å². The van der Waals surface area contributed by atoms with Crippen molar-refractivity contribution in [3.63, 3.8) is 0 Å². The lowest BCUT2D eigenvalue weighted by molar-refractivity contribution is 0.00551. The van der Waals surface area contributed by atoms with Gasteiger partial charge in [-0.05, 0) is 55.5 Å². The number of piperazine rings is 1. The molecule has 4 nitrogen and oxygen atoms in total. The Balaban J connectivity index is 1.58. The van der Waals surface area contributed by atoms with Crippen LogP contribution in [0.5, 0.6) is 11.5 Å². The van der Waals surface area contributed by atoms with Crippen molar-refractivity contribution < 1.29 is 9.47 Å². The van der Waals surface area contributed by atoms with E-state index in [2.05, 4.69) is 86.9 Å². The zero-order valence-corrected chi connectivity index (χ0v) is 19.1. The molecule has 2 heterocycles. The van der Waals surface area contributed by atoms with Gasteiger partial charge in [0.25, 0.3) is 0 Å². The van der Waals surface area contributed by atoms with E-state index in [4.69, 9.17) is 9.47 Å². The fourth-order valence-corrected chi connectivity index (χ4v) is 4.84. The van der Waals surface area contributed by atoms with Crippen LogP contribution in [0.25, 0.3) is 0 Å². The molecule has 162 valence electrons. The molecule has 0 aromatic heterocycles. The molecular weight excluding hydrogens is 372 g/mol. The van der Waals surface area contributed by atoms with Crippen molar-refractivity contribution in [3.05, 3.63) is 59.2 Å². The van der Waals surface area contributed by atoms with Gasteiger partial charge in [-0.25, -0.2) is 0 Å².